The number of halogens is 2. The van der Waals surface area contributed by atoms with E-state index in [4.69, 9.17) is 9.84 Å². The van der Waals surface area contributed by atoms with E-state index in [-0.39, 0.29) is 12.6 Å². The van der Waals surface area contributed by atoms with Crippen molar-refractivity contribution in [1.29, 1.82) is 0 Å². The second-order valence-corrected chi connectivity index (χ2v) is 4.79. The zero-order valence-corrected chi connectivity index (χ0v) is 11.9. The summed E-state index contributed by atoms with van der Waals surface area (Å²) in [5.41, 5.74) is 1.44. The van der Waals surface area contributed by atoms with E-state index < -0.39 is 17.4 Å². The van der Waals surface area contributed by atoms with E-state index in [0.29, 0.717) is 5.56 Å². The minimum Gasteiger partial charge on any atom is -0.503 e. The predicted octanol–water partition coefficient (Wildman–Crippen LogP) is 3.53. The molecule has 0 aliphatic carbocycles. The molecule has 0 saturated carbocycles. The molecule has 0 spiro atoms. The number of rotatable bonds is 5. The number of aromatic hydroxyl groups is 1. The third-order valence-electron chi connectivity index (χ3n) is 3.28. The highest BCUT2D eigenvalue weighted by atomic mass is 19.1. The quantitative estimate of drug-likeness (QED) is 0.886. The van der Waals surface area contributed by atoms with E-state index in [9.17, 15) is 8.78 Å². The minimum atomic E-state index is -0.958. The summed E-state index contributed by atoms with van der Waals surface area (Å²) in [5, 5.41) is 12.2. The maximum absolute atomic E-state index is 13.3. The van der Waals surface area contributed by atoms with Gasteiger partial charge in [0.15, 0.2) is 17.4 Å². The average molecular weight is 293 g/mol. The molecular formula is C16H17F2NO2. The first kappa shape index (κ1) is 15.3. The molecule has 21 heavy (non-hydrogen) atoms. The van der Waals surface area contributed by atoms with E-state index in [1.54, 1.807) is 7.11 Å². The van der Waals surface area contributed by atoms with Gasteiger partial charge in [-0.2, -0.15) is 0 Å². The van der Waals surface area contributed by atoms with E-state index in [1.807, 2.05) is 31.2 Å². The lowest BCUT2D eigenvalue weighted by atomic mass is 10.1. The number of nitrogens with one attached hydrogen (secondary N) is 1. The average Bonchev–Trinajstić information content (AvgIpc) is 2.50. The Labute approximate surface area is 122 Å². The number of hydrogen-bond donors (Lipinski definition) is 2. The zero-order valence-electron chi connectivity index (χ0n) is 11.9. The number of benzene rings is 2. The first-order valence-electron chi connectivity index (χ1n) is 6.55. The highest BCUT2D eigenvalue weighted by Crippen LogP contribution is 2.23. The number of phenols is 1. The summed E-state index contributed by atoms with van der Waals surface area (Å²) in [4.78, 5) is 0. The molecule has 2 aromatic rings. The van der Waals surface area contributed by atoms with E-state index in [0.717, 1.165) is 23.4 Å². The van der Waals surface area contributed by atoms with Crippen LogP contribution in [0.1, 0.15) is 24.1 Å². The fraction of sp³-hybridized carbons (Fsp3) is 0.250. The maximum Gasteiger partial charge on any atom is 0.187 e. The van der Waals surface area contributed by atoms with Gasteiger partial charge in [0.1, 0.15) is 5.75 Å². The van der Waals surface area contributed by atoms with Gasteiger partial charge in [-0.15, -0.1) is 0 Å². The van der Waals surface area contributed by atoms with Crippen LogP contribution in [0.25, 0.3) is 0 Å². The van der Waals surface area contributed by atoms with E-state index >= 15 is 0 Å². The molecule has 5 heteroatoms. The van der Waals surface area contributed by atoms with Crippen LogP contribution in [0.5, 0.6) is 11.5 Å². The van der Waals surface area contributed by atoms with Gasteiger partial charge in [-0.1, -0.05) is 12.1 Å². The highest BCUT2D eigenvalue weighted by Gasteiger charge is 2.11. The molecule has 0 unspecified atom stereocenters. The molecule has 0 amide bonds. The molecule has 0 aromatic heterocycles. The lowest BCUT2D eigenvalue weighted by Crippen LogP contribution is -2.18. The summed E-state index contributed by atoms with van der Waals surface area (Å²) in [5.74, 6) is -2.11. The van der Waals surface area contributed by atoms with Crippen molar-refractivity contribution < 1.29 is 18.6 Å². The van der Waals surface area contributed by atoms with Crippen LogP contribution in [0.15, 0.2) is 36.4 Å². The summed E-state index contributed by atoms with van der Waals surface area (Å²) in [6.45, 7) is 2.23. The van der Waals surface area contributed by atoms with E-state index in [1.165, 1.54) is 0 Å². The third-order valence-corrected chi connectivity index (χ3v) is 3.28. The number of methoxy groups -OCH3 is 1. The maximum atomic E-state index is 13.3. The van der Waals surface area contributed by atoms with Gasteiger partial charge in [0.05, 0.1) is 7.11 Å². The fourth-order valence-corrected chi connectivity index (χ4v) is 2.02. The molecule has 0 radical (unpaired) electrons. The summed E-state index contributed by atoms with van der Waals surface area (Å²) in [6.07, 6.45) is 0. The first-order chi connectivity index (χ1) is 10.0. The monoisotopic (exact) mass is 293 g/mol. The van der Waals surface area contributed by atoms with Crippen molar-refractivity contribution in [3.63, 3.8) is 0 Å². The van der Waals surface area contributed by atoms with Gasteiger partial charge >= 0.3 is 0 Å². The summed E-state index contributed by atoms with van der Waals surface area (Å²) in [7, 11) is 1.60. The molecule has 1 atom stereocenters. The van der Waals surface area contributed by atoms with Gasteiger partial charge in [-0.3, -0.25) is 0 Å². The van der Waals surface area contributed by atoms with Crippen LogP contribution in [0.2, 0.25) is 0 Å². The molecule has 2 rings (SSSR count). The number of phenolic OH excluding ortho intramolecular Hbond substituents is 1. The van der Waals surface area contributed by atoms with Crippen molar-refractivity contribution in [2.45, 2.75) is 19.5 Å². The van der Waals surface area contributed by atoms with Crippen molar-refractivity contribution in [2.75, 3.05) is 7.11 Å². The largest absolute Gasteiger partial charge is 0.503 e. The molecule has 2 aromatic carbocycles. The lowest BCUT2D eigenvalue weighted by Gasteiger charge is -2.15. The summed E-state index contributed by atoms with van der Waals surface area (Å²) < 4.78 is 31.7. The molecule has 112 valence electrons. The SMILES string of the molecule is COc1cccc([C@H](C)NCc2cc(F)c(O)c(F)c2)c1. The molecule has 0 aliphatic heterocycles. The Bertz CT molecular complexity index is 608. The molecule has 0 bridgehead atoms. The Hall–Kier alpha value is -2.14. The Kier molecular flexibility index (Phi) is 4.75. The van der Waals surface area contributed by atoms with Crippen molar-refractivity contribution in [1.82, 2.24) is 5.32 Å². The number of hydrogen-bond acceptors (Lipinski definition) is 3. The predicted molar refractivity (Wildman–Crippen MR) is 76.3 cm³/mol. The summed E-state index contributed by atoms with van der Waals surface area (Å²) in [6, 6.07) is 9.79. The fourth-order valence-electron chi connectivity index (χ4n) is 2.02. The van der Waals surface area contributed by atoms with Gasteiger partial charge in [-0.05, 0) is 42.3 Å². The van der Waals surface area contributed by atoms with Crippen LogP contribution in [0.3, 0.4) is 0 Å². The normalized spacial score (nSPS) is 12.2. The molecule has 0 heterocycles. The zero-order chi connectivity index (χ0) is 15.4. The highest BCUT2D eigenvalue weighted by molar-refractivity contribution is 5.31. The van der Waals surface area contributed by atoms with Crippen molar-refractivity contribution in [2.24, 2.45) is 0 Å². The van der Waals surface area contributed by atoms with Crippen LogP contribution >= 0.6 is 0 Å². The Morgan fingerprint density at radius 2 is 1.86 bits per heavy atom. The lowest BCUT2D eigenvalue weighted by molar-refractivity contribution is 0.394. The van der Waals surface area contributed by atoms with E-state index in [2.05, 4.69) is 5.32 Å². The Balaban J connectivity index is 2.05. The van der Waals surface area contributed by atoms with Crippen LogP contribution in [0, 0.1) is 11.6 Å². The standard InChI is InChI=1S/C16H17F2NO2/c1-10(12-4-3-5-13(8-12)21-2)19-9-11-6-14(17)16(20)15(18)7-11/h3-8,10,19-20H,9H2,1-2H3/t10-/m0/s1. The van der Waals surface area contributed by atoms with Crippen molar-refractivity contribution in [3.05, 3.63) is 59.2 Å². The Morgan fingerprint density at radius 3 is 2.48 bits per heavy atom. The van der Waals surface area contributed by atoms with Gasteiger partial charge < -0.3 is 15.2 Å². The van der Waals surface area contributed by atoms with Crippen LogP contribution in [0.4, 0.5) is 8.78 Å². The smallest absolute Gasteiger partial charge is 0.187 e. The second-order valence-electron chi connectivity index (χ2n) is 4.79. The van der Waals surface area contributed by atoms with Crippen LogP contribution < -0.4 is 10.1 Å². The molecule has 3 nitrogen and oxygen atoms in total. The molecule has 0 saturated heterocycles. The number of ether oxygens (including phenoxy) is 1. The van der Waals surface area contributed by atoms with Crippen molar-refractivity contribution in [3.8, 4) is 11.5 Å². The first-order valence-corrected chi connectivity index (χ1v) is 6.55. The third kappa shape index (κ3) is 3.70. The minimum absolute atomic E-state index is 0.0139. The molecule has 2 N–H and O–H groups in total. The molecule has 0 aliphatic rings. The van der Waals surface area contributed by atoms with Gasteiger partial charge in [0.25, 0.3) is 0 Å². The van der Waals surface area contributed by atoms with Crippen LogP contribution in [-0.4, -0.2) is 12.2 Å². The second kappa shape index (κ2) is 6.54. The van der Waals surface area contributed by atoms with Gasteiger partial charge in [0, 0.05) is 12.6 Å². The molecule has 0 fully saturated rings. The van der Waals surface area contributed by atoms with Gasteiger partial charge in [0.2, 0.25) is 0 Å². The summed E-state index contributed by atoms with van der Waals surface area (Å²) >= 11 is 0. The molecular weight excluding hydrogens is 276 g/mol. The van der Waals surface area contributed by atoms with Crippen LogP contribution in [-0.2, 0) is 6.54 Å². The van der Waals surface area contributed by atoms with Gasteiger partial charge in [-0.25, -0.2) is 8.78 Å². The topological polar surface area (TPSA) is 41.5 Å². The van der Waals surface area contributed by atoms with Crippen molar-refractivity contribution >= 4 is 0 Å². The Morgan fingerprint density at radius 1 is 1.19 bits per heavy atom.